The van der Waals surface area contributed by atoms with Crippen molar-refractivity contribution in [3.63, 3.8) is 0 Å². The van der Waals surface area contributed by atoms with E-state index in [1.807, 2.05) is 24.3 Å². The van der Waals surface area contributed by atoms with Crippen molar-refractivity contribution < 1.29 is 19.7 Å². The van der Waals surface area contributed by atoms with Crippen molar-refractivity contribution in [2.24, 2.45) is 0 Å². The normalized spacial score (nSPS) is 15.1. The first-order valence-corrected chi connectivity index (χ1v) is 9.08. The maximum absolute atomic E-state index is 11.0. The number of hydrogen-bond acceptors (Lipinski definition) is 6. The molecule has 0 radical (unpaired) electrons. The fourth-order valence-corrected chi connectivity index (χ4v) is 3.46. The van der Waals surface area contributed by atoms with E-state index in [9.17, 15) is 9.90 Å². The largest absolute Gasteiger partial charge is 0.497 e. The van der Waals surface area contributed by atoms with Crippen LogP contribution in [0.25, 0.3) is 11.0 Å². The SMILES string of the molecule is COc1ccc(Cn2nc3nc(C4CCN(C(=O)O)CC4)ncc3c2O)cc1. The smallest absolute Gasteiger partial charge is 0.407 e. The van der Waals surface area contributed by atoms with Crippen LogP contribution in [-0.4, -0.2) is 61.2 Å². The first-order chi connectivity index (χ1) is 13.5. The number of carbonyl (C=O) groups is 1. The predicted molar refractivity (Wildman–Crippen MR) is 101 cm³/mol. The molecule has 0 aliphatic carbocycles. The quantitative estimate of drug-likeness (QED) is 0.711. The first kappa shape index (κ1) is 18.0. The van der Waals surface area contributed by atoms with Gasteiger partial charge in [0.05, 0.1) is 13.7 Å². The van der Waals surface area contributed by atoms with E-state index < -0.39 is 6.09 Å². The second kappa shape index (κ2) is 7.34. The highest BCUT2D eigenvalue weighted by Crippen LogP contribution is 2.29. The lowest BCUT2D eigenvalue weighted by molar-refractivity contribution is 0.131. The molecule has 1 amide bonds. The molecule has 2 aromatic heterocycles. The highest BCUT2D eigenvalue weighted by atomic mass is 16.5. The molecule has 0 spiro atoms. The predicted octanol–water partition coefficient (Wildman–Crippen LogP) is 2.45. The van der Waals surface area contributed by atoms with E-state index in [2.05, 4.69) is 15.1 Å². The van der Waals surface area contributed by atoms with Gasteiger partial charge in [-0.3, -0.25) is 0 Å². The standard InChI is InChI=1S/C19H21N5O4/c1-28-14-4-2-12(3-5-14)11-24-18(25)15-10-20-16(21-17(15)22-24)13-6-8-23(9-7-13)19(26)27/h2-5,10,13,25H,6-9,11H2,1H3,(H,26,27). The summed E-state index contributed by atoms with van der Waals surface area (Å²) in [6.45, 7) is 1.34. The topological polar surface area (TPSA) is 114 Å². The summed E-state index contributed by atoms with van der Waals surface area (Å²) in [5.74, 6) is 1.53. The lowest BCUT2D eigenvalue weighted by Crippen LogP contribution is -2.37. The number of piperidine rings is 1. The fourth-order valence-electron chi connectivity index (χ4n) is 3.46. The number of amides is 1. The molecule has 2 N–H and O–H groups in total. The van der Waals surface area contributed by atoms with Crippen LogP contribution in [0, 0.1) is 0 Å². The molecule has 1 aliphatic heterocycles. The Bertz CT molecular complexity index is 993. The summed E-state index contributed by atoms with van der Waals surface area (Å²) in [5, 5.41) is 24.5. The van der Waals surface area contributed by atoms with Crippen LogP contribution in [0.3, 0.4) is 0 Å². The molecule has 146 valence electrons. The summed E-state index contributed by atoms with van der Waals surface area (Å²) in [5.41, 5.74) is 1.41. The molecule has 3 heterocycles. The molecule has 4 rings (SSSR count). The summed E-state index contributed by atoms with van der Waals surface area (Å²) >= 11 is 0. The van der Waals surface area contributed by atoms with Crippen LogP contribution < -0.4 is 4.74 Å². The maximum atomic E-state index is 11.0. The van der Waals surface area contributed by atoms with Crippen LogP contribution in [0.1, 0.15) is 30.1 Å². The van der Waals surface area contributed by atoms with Crippen molar-refractivity contribution >= 4 is 17.1 Å². The van der Waals surface area contributed by atoms with E-state index in [1.165, 1.54) is 9.58 Å². The van der Waals surface area contributed by atoms with Crippen molar-refractivity contribution in [1.82, 2.24) is 24.6 Å². The minimum Gasteiger partial charge on any atom is -0.497 e. The number of ether oxygens (including phenoxy) is 1. The second-order valence-electron chi connectivity index (χ2n) is 6.84. The van der Waals surface area contributed by atoms with E-state index in [1.54, 1.807) is 13.3 Å². The van der Waals surface area contributed by atoms with Gasteiger partial charge in [-0.05, 0) is 30.5 Å². The van der Waals surface area contributed by atoms with Crippen LogP contribution in [0.15, 0.2) is 30.5 Å². The number of nitrogens with zero attached hydrogens (tertiary/aromatic N) is 5. The molecule has 9 nitrogen and oxygen atoms in total. The van der Waals surface area contributed by atoms with Crippen molar-refractivity contribution in [3.8, 4) is 11.6 Å². The van der Waals surface area contributed by atoms with Gasteiger partial charge in [-0.15, -0.1) is 5.10 Å². The molecule has 1 aliphatic rings. The summed E-state index contributed by atoms with van der Waals surface area (Å²) in [7, 11) is 1.61. The number of fused-ring (bicyclic) bond motifs is 1. The molecule has 1 fully saturated rings. The number of carboxylic acid groups (broad SMARTS) is 1. The van der Waals surface area contributed by atoms with E-state index in [0.29, 0.717) is 49.3 Å². The van der Waals surface area contributed by atoms with Crippen LogP contribution in [0.2, 0.25) is 0 Å². The minimum atomic E-state index is -0.892. The van der Waals surface area contributed by atoms with E-state index in [4.69, 9.17) is 9.84 Å². The third-order valence-electron chi connectivity index (χ3n) is 5.11. The van der Waals surface area contributed by atoms with Crippen LogP contribution in [-0.2, 0) is 6.54 Å². The summed E-state index contributed by atoms with van der Waals surface area (Å²) in [6, 6.07) is 7.55. The van der Waals surface area contributed by atoms with Crippen LogP contribution in [0.4, 0.5) is 4.79 Å². The Morgan fingerprint density at radius 2 is 1.96 bits per heavy atom. The number of rotatable bonds is 4. The Morgan fingerprint density at radius 3 is 2.61 bits per heavy atom. The molecule has 9 heteroatoms. The minimum absolute atomic E-state index is 0.0260. The second-order valence-corrected chi connectivity index (χ2v) is 6.84. The molecule has 1 saturated heterocycles. The van der Waals surface area contributed by atoms with Gasteiger partial charge >= 0.3 is 6.09 Å². The Balaban J connectivity index is 1.54. The highest BCUT2D eigenvalue weighted by Gasteiger charge is 2.26. The van der Waals surface area contributed by atoms with Gasteiger partial charge in [0.1, 0.15) is 17.0 Å². The summed E-state index contributed by atoms with van der Waals surface area (Å²) in [6.07, 6.45) is 2.05. The van der Waals surface area contributed by atoms with Crippen molar-refractivity contribution in [2.75, 3.05) is 20.2 Å². The van der Waals surface area contributed by atoms with E-state index >= 15 is 0 Å². The lowest BCUT2D eigenvalue weighted by atomic mass is 9.96. The van der Waals surface area contributed by atoms with Crippen molar-refractivity contribution in [3.05, 3.63) is 41.9 Å². The summed E-state index contributed by atoms with van der Waals surface area (Å²) < 4.78 is 6.65. The molecular formula is C19H21N5O4. The zero-order valence-electron chi connectivity index (χ0n) is 15.4. The lowest BCUT2D eigenvalue weighted by Gasteiger charge is -2.28. The van der Waals surface area contributed by atoms with Crippen LogP contribution >= 0.6 is 0 Å². The van der Waals surface area contributed by atoms with Gasteiger partial charge in [0.25, 0.3) is 0 Å². The van der Waals surface area contributed by atoms with Gasteiger partial charge in [-0.2, -0.15) is 0 Å². The zero-order valence-corrected chi connectivity index (χ0v) is 15.4. The number of aromatic hydroxyl groups is 1. The van der Waals surface area contributed by atoms with Gasteiger partial charge in [0, 0.05) is 25.2 Å². The Labute approximate surface area is 161 Å². The van der Waals surface area contributed by atoms with Gasteiger partial charge < -0.3 is 19.8 Å². The van der Waals surface area contributed by atoms with E-state index in [-0.39, 0.29) is 11.8 Å². The average Bonchev–Trinajstić information content (AvgIpc) is 3.03. The van der Waals surface area contributed by atoms with Gasteiger partial charge in [0.2, 0.25) is 5.88 Å². The number of methoxy groups -OCH3 is 1. The Morgan fingerprint density at radius 1 is 1.25 bits per heavy atom. The molecule has 3 aromatic rings. The van der Waals surface area contributed by atoms with Crippen molar-refractivity contribution in [1.29, 1.82) is 0 Å². The van der Waals surface area contributed by atoms with Crippen molar-refractivity contribution in [2.45, 2.75) is 25.3 Å². The number of benzene rings is 1. The van der Waals surface area contributed by atoms with Crippen LogP contribution in [0.5, 0.6) is 11.6 Å². The fraction of sp³-hybridized carbons (Fsp3) is 0.368. The molecular weight excluding hydrogens is 362 g/mol. The van der Waals surface area contributed by atoms with Gasteiger partial charge in [-0.1, -0.05) is 12.1 Å². The monoisotopic (exact) mass is 383 g/mol. The molecule has 28 heavy (non-hydrogen) atoms. The molecule has 0 bridgehead atoms. The maximum Gasteiger partial charge on any atom is 0.407 e. The van der Waals surface area contributed by atoms with E-state index in [0.717, 1.165) is 11.3 Å². The third kappa shape index (κ3) is 3.42. The Hall–Kier alpha value is -3.36. The first-order valence-electron chi connectivity index (χ1n) is 9.08. The summed E-state index contributed by atoms with van der Waals surface area (Å²) in [4.78, 5) is 21.4. The molecule has 1 aromatic carbocycles. The average molecular weight is 383 g/mol. The number of aromatic nitrogens is 4. The molecule has 0 saturated carbocycles. The number of hydrogen-bond donors (Lipinski definition) is 2. The molecule has 0 unspecified atom stereocenters. The number of likely N-dealkylation sites (tertiary alicyclic amines) is 1. The molecule has 0 atom stereocenters. The highest BCUT2D eigenvalue weighted by molar-refractivity contribution is 5.79. The van der Waals surface area contributed by atoms with Gasteiger partial charge in [-0.25, -0.2) is 19.4 Å². The Kier molecular flexibility index (Phi) is 4.72. The zero-order chi connectivity index (χ0) is 19.7. The van der Waals surface area contributed by atoms with Gasteiger partial charge in [0.15, 0.2) is 5.65 Å². The third-order valence-corrected chi connectivity index (χ3v) is 5.11.